The Bertz CT molecular complexity index is 1350. The van der Waals surface area contributed by atoms with Gasteiger partial charge in [0.05, 0.1) is 17.7 Å². The highest BCUT2D eigenvalue weighted by molar-refractivity contribution is 7.80. The molecule has 0 saturated heterocycles. The van der Waals surface area contributed by atoms with E-state index in [9.17, 15) is 4.79 Å². The number of oxazole rings is 1. The van der Waals surface area contributed by atoms with Gasteiger partial charge in [0.15, 0.2) is 10.7 Å². The van der Waals surface area contributed by atoms with Crippen molar-refractivity contribution >= 4 is 51.6 Å². The van der Waals surface area contributed by atoms with E-state index in [0.717, 1.165) is 22.4 Å². The number of benzene rings is 3. The van der Waals surface area contributed by atoms with Crippen molar-refractivity contribution in [1.29, 1.82) is 0 Å². The predicted molar refractivity (Wildman–Crippen MR) is 131 cm³/mol. The van der Waals surface area contributed by atoms with Crippen LogP contribution in [0.3, 0.4) is 0 Å². The number of aryl methyl sites for hydroxylation is 2. The zero-order chi connectivity index (χ0) is 22.8. The maximum absolute atomic E-state index is 12.5. The molecule has 162 valence electrons. The van der Waals surface area contributed by atoms with Gasteiger partial charge in [0.1, 0.15) is 11.3 Å². The molecule has 0 bridgehead atoms. The molecule has 0 saturated carbocycles. The number of hydrogen-bond donors (Lipinski definition) is 2. The van der Waals surface area contributed by atoms with Gasteiger partial charge in [0.25, 0.3) is 5.91 Å². The minimum Gasteiger partial charge on any atom is -0.497 e. The zero-order valence-corrected chi connectivity index (χ0v) is 19.2. The summed E-state index contributed by atoms with van der Waals surface area (Å²) >= 11 is 11.5. The SMILES string of the molecule is COc1ccc2oc(-c3ccc(C)c(NC(=S)NC(=O)c4ccc(C)cc4Cl)c3)nc2c1. The number of nitrogens with zero attached hydrogens (tertiary/aromatic N) is 1. The first kappa shape index (κ1) is 21.8. The second kappa shape index (κ2) is 8.98. The van der Waals surface area contributed by atoms with Crippen molar-refractivity contribution in [3.05, 3.63) is 76.3 Å². The number of carbonyl (C=O) groups excluding carboxylic acids is 1. The fourth-order valence-corrected chi connectivity index (χ4v) is 3.70. The molecule has 1 heterocycles. The Labute approximate surface area is 195 Å². The Kier molecular flexibility index (Phi) is 6.12. The van der Waals surface area contributed by atoms with E-state index >= 15 is 0 Å². The third-order valence-electron chi connectivity index (χ3n) is 4.92. The molecule has 4 aromatic rings. The van der Waals surface area contributed by atoms with Crippen LogP contribution in [0.1, 0.15) is 21.5 Å². The normalized spacial score (nSPS) is 10.8. The van der Waals surface area contributed by atoms with E-state index in [0.29, 0.717) is 33.3 Å². The van der Waals surface area contributed by atoms with Crippen LogP contribution in [-0.4, -0.2) is 23.1 Å². The largest absolute Gasteiger partial charge is 0.497 e. The summed E-state index contributed by atoms with van der Waals surface area (Å²) in [7, 11) is 1.61. The number of thiocarbonyl (C=S) groups is 1. The third kappa shape index (κ3) is 4.59. The molecule has 0 aliphatic heterocycles. The van der Waals surface area contributed by atoms with Crippen LogP contribution in [0.15, 0.2) is 59.0 Å². The highest BCUT2D eigenvalue weighted by atomic mass is 35.5. The van der Waals surface area contributed by atoms with Gasteiger partial charge < -0.3 is 14.5 Å². The third-order valence-corrected chi connectivity index (χ3v) is 5.44. The van der Waals surface area contributed by atoms with E-state index in [-0.39, 0.29) is 11.0 Å². The van der Waals surface area contributed by atoms with Gasteiger partial charge in [-0.15, -0.1) is 0 Å². The molecule has 3 aromatic carbocycles. The number of ether oxygens (including phenoxy) is 1. The molecule has 0 radical (unpaired) electrons. The minimum absolute atomic E-state index is 0.161. The second-order valence-corrected chi connectivity index (χ2v) is 8.09. The zero-order valence-electron chi connectivity index (χ0n) is 17.7. The summed E-state index contributed by atoms with van der Waals surface area (Å²) in [6.07, 6.45) is 0. The fourth-order valence-electron chi connectivity index (χ4n) is 3.18. The van der Waals surface area contributed by atoms with E-state index in [4.69, 9.17) is 33.0 Å². The summed E-state index contributed by atoms with van der Waals surface area (Å²) in [6.45, 7) is 3.84. The lowest BCUT2D eigenvalue weighted by Gasteiger charge is -2.13. The Balaban J connectivity index is 1.54. The van der Waals surface area contributed by atoms with Gasteiger partial charge in [-0.05, 0) is 73.6 Å². The number of halogens is 1. The van der Waals surface area contributed by atoms with Gasteiger partial charge >= 0.3 is 0 Å². The molecular weight excluding hydrogens is 446 g/mol. The van der Waals surface area contributed by atoms with Crippen LogP contribution in [0.4, 0.5) is 5.69 Å². The number of fused-ring (bicyclic) bond motifs is 1. The molecular formula is C24H20ClN3O3S. The van der Waals surface area contributed by atoms with Gasteiger partial charge in [-0.3, -0.25) is 10.1 Å². The highest BCUT2D eigenvalue weighted by Gasteiger charge is 2.14. The van der Waals surface area contributed by atoms with Crippen molar-refractivity contribution in [3.8, 4) is 17.2 Å². The molecule has 0 unspecified atom stereocenters. The minimum atomic E-state index is -0.380. The van der Waals surface area contributed by atoms with E-state index in [1.165, 1.54) is 0 Å². The molecule has 6 nitrogen and oxygen atoms in total. The monoisotopic (exact) mass is 465 g/mol. The summed E-state index contributed by atoms with van der Waals surface area (Å²) < 4.78 is 11.1. The number of amides is 1. The average molecular weight is 466 g/mol. The highest BCUT2D eigenvalue weighted by Crippen LogP contribution is 2.29. The summed E-state index contributed by atoms with van der Waals surface area (Å²) in [4.78, 5) is 17.1. The smallest absolute Gasteiger partial charge is 0.258 e. The van der Waals surface area contributed by atoms with Crippen LogP contribution >= 0.6 is 23.8 Å². The van der Waals surface area contributed by atoms with Gasteiger partial charge in [-0.1, -0.05) is 23.7 Å². The molecule has 32 heavy (non-hydrogen) atoms. The summed E-state index contributed by atoms with van der Waals surface area (Å²) in [6, 6.07) is 16.4. The van der Waals surface area contributed by atoms with Crippen molar-refractivity contribution in [3.63, 3.8) is 0 Å². The molecule has 0 atom stereocenters. The number of anilines is 1. The van der Waals surface area contributed by atoms with Crippen LogP contribution in [0.5, 0.6) is 5.75 Å². The van der Waals surface area contributed by atoms with Gasteiger partial charge in [-0.2, -0.15) is 0 Å². The van der Waals surface area contributed by atoms with Gasteiger partial charge in [-0.25, -0.2) is 4.98 Å². The molecule has 0 aliphatic carbocycles. The molecule has 0 fully saturated rings. The topological polar surface area (TPSA) is 76.4 Å². The molecule has 4 rings (SSSR count). The quantitative estimate of drug-likeness (QED) is 0.365. The Hall–Kier alpha value is -3.42. The van der Waals surface area contributed by atoms with Gasteiger partial charge in [0, 0.05) is 17.3 Å². The summed E-state index contributed by atoms with van der Waals surface area (Å²) in [5, 5.41) is 6.27. The van der Waals surface area contributed by atoms with Crippen LogP contribution in [0.25, 0.3) is 22.6 Å². The molecule has 1 aromatic heterocycles. The number of nitrogens with one attached hydrogen (secondary N) is 2. The lowest BCUT2D eigenvalue weighted by molar-refractivity contribution is 0.0978. The first-order valence-electron chi connectivity index (χ1n) is 9.78. The first-order chi connectivity index (χ1) is 15.3. The second-order valence-electron chi connectivity index (χ2n) is 7.27. The lowest BCUT2D eigenvalue weighted by atomic mass is 10.1. The molecule has 8 heteroatoms. The number of hydrogen-bond acceptors (Lipinski definition) is 5. The van der Waals surface area contributed by atoms with Crippen molar-refractivity contribution in [2.75, 3.05) is 12.4 Å². The van der Waals surface area contributed by atoms with Gasteiger partial charge in [0.2, 0.25) is 5.89 Å². The lowest BCUT2D eigenvalue weighted by Crippen LogP contribution is -2.34. The summed E-state index contributed by atoms with van der Waals surface area (Å²) in [5.74, 6) is 0.797. The molecule has 0 aliphatic rings. The van der Waals surface area contributed by atoms with Crippen molar-refractivity contribution in [2.45, 2.75) is 13.8 Å². The Morgan fingerprint density at radius 2 is 1.91 bits per heavy atom. The first-order valence-corrected chi connectivity index (χ1v) is 10.6. The number of methoxy groups -OCH3 is 1. The molecule has 2 N–H and O–H groups in total. The average Bonchev–Trinajstić information content (AvgIpc) is 3.18. The van der Waals surface area contributed by atoms with E-state index in [1.807, 2.05) is 56.3 Å². The molecule has 0 spiro atoms. The number of aromatic nitrogens is 1. The standard InChI is InChI=1S/C24H20ClN3O3S/c1-13-4-8-17(18(25)10-13)22(29)28-24(32)27-19-11-15(6-5-14(19)2)23-26-20-12-16(30-3)7-9-21(20)31-23/h4-12H,1-3H3,(H2,27,28,29,32). The van der Waals surface area contributed by atoms with Crippen LogP contribution < -0.4 is 15.4 Å². The number of carbonyl (C=O) groups is 1. The van der Waals surface area contributed by atoms with Crippen LogP contribution in [0, 0.1) is 13.8 Å². The fraction of sp³-hybridized carbons (Fsp3) is 0.125. The Morgan fingerprint density at radius 1 is 1.09 bits per heavy atom. The van der Waals surface area contributed by atoms with Crippen molar-refractivity contribution in [1.82, 2.24) is 10.3 Å². The number of rotatable bonds is 4. The van der Waals surface area contributed by atoms with E-state index in [1.54, 1.807) is 19.2 Å². The van der Waals surface area contributed by atoms with Crippen LogP contribution in [0.2, 0.25) is 5.02 Å². The maximum atomic E-state index is 12.5. The summed E-state index contributed by atoms with van der Waals surface area (Å²) in [5.41, 5.74) is 5.12. The van der Waals surface area contributed by atoms with E-state index in [2.05, 4.69) is 15.6 Å². The van der Waals surface area contributed by atoms with Crippen molar-refractivity contribution in [2.24, 2.45) is 0 Å². The maximum Gasteiger partial charge on any atom is 0.258 e. The van der Waals surface area contributed by atoms with Crippen molar-refractivity contribution < 1.29 is 13.9 Å². The molecule has 1 amide bonds. The predicted octanol–water partition coefficient (Wildman–Crippen LogP) is 5.90. The van der Waals surface area contributed by atoms with Crippen LogP contribution in [-0.2, 0) is 0 Å². The Morgan fingerprint density at radius 3 is 2.66 bits per heavy atom. The van der Waals surface area contributed by atoms with E-state index < -0.39 is 0 Å².